The molecule has 3 rings (SSSR count). The summed E-state index contributed by atoms with van der Waals surface area (Å²) in [6, 6.07) is 0.452. The zero-order valence-corrected chi connectivity index (χ0v) is 12.7. The number of carbonyl (C=O) groups excluding carboxylic acids is 1. The highest BCUT2D eigenvalue weighted by Gasteiger charge is 2.22. The number of carbonyl (C=O) groups is 1. The third-order valence-electron chi connectivity index (χ3n) is 3.50. The average Bonchev–Trinajstić information content (AvgIpc) is 3.05. The number of nitrogens with one attached hydrogen (secondary N) is 2. The molecular formula is C14H20N4OS. The number of thiazole rings is 1. The molecular weight excluding hydrogens is 272 g/mol. The van der Waals surface area contributed by atoms with Gasteiger partial charge < -0.3 is 10.6 Å². The van der Waals surface area contributed by atoms with E-state index in [0.29, 0.717) is 19.0 Å². The molecule has 0 radical (unpaired) electrons. The maximum Gasteiger partial charge on any atom is 0.221 e. The second-order valence-corrected chi connectivity index (χ2v) is 6.62. The van der Waals surface area contributed by atoms with Gasteiger partial charge in [0.1, 0.15) is 0 Å². The van der Waals surface area contributed by atoms with Gasteiger partial charge in [0, 0.05) is 36.6 Å². The number of imidazole rings is 1. The van der Waals surface area contributed by atoms with E-state index >= 15 is 0 Å². The van der Waals surface area contributed by atoms with Crippen molar-refractivity contribution >= 4 is 22.2 Å². The van der Waals surface area contributed by atoms with Crippen LogP contribution >= 0.6 is 11.3 Å². The van der Waals surface area contributed by atoms with E-state index in [2.05, 4.69) is 33.1 Å². The number of fused-ring (bicyclic) bond motifs is 1. The maximum absolute atomic E-state index is 11.6. The van der Waals surface area contributed by atoms with Gasteiger partial charge in [0.25, 0.3) is 0 Å². The zero-order valence-electron chi connectivity index (χ0n) is 11.9. The van der Waals surface area contributed by atoms with Gasteiger partial charge in [-0.25, -0.2) is 4.98 Å². The summed E-state index contributed by atoms with van der Waals surface area (Å²) in [5.74, 6) is 0.154. The molecule has 0 bridgehead atoms. The van der Waals surface area contributed by atoms with E-state index in [-0.39, 0.29) is 5.91 Å². The summed E-state index contributed by atoms with van der Waals surface area (Å²) in [5.41, 5.74) is 2.25. The number of amides is 1. The van der Waals surface area contributed by atoms with Gasteiger partial charge in [-0.1, -0.05) is 0 Å². The quantitative estimate of drug-likeness (QED) is 0.798. The highest BCUT2D eigenvalue weighted by Crippen LogP contribution is 2.20. The summed E-state index contributed by atoms with van der Waals surface area (Å²) in [6.07, 6.45) is 4.95. The third-order valence-corrected chi connectivity index (χ3v) is 4.40. The van der Waals surface area contributed by atoms with E-state index in [1.807, 2.05) is 6.92 Å². The van der Waals surface area contributed by atoms with Gasteiger partial charge in [-0.2, -0.15) is 0 Å². The van der Waals surface area contributed by atoms with Gasteiger partial charge in [-0.15, -0.1) is 11.3 Å². The molecule has 1 aliphatic carbocycles. The maximum atomic E-state index is 11.6. The Morgan fingerprint density at radius 2 is 2.30 bits per heavy atom. The number of rotatable bonds is 6. The minimum absolute atomic E-state index is 0.154. The second-order valence-electron chi connectivity index (χ2n) is 5.41. The van der Waals surface area contributed by atoms with Crippen LogP contribution in [-0.2, 0) is 11.3 Å². The highest BCUT2D eigenvalue weighted by atomic mass is 32.1. The van der Waals surface area contributed by atoms with E-state index in [4.69, 9.17) is 0 Å². The molecule has 0 atom stereocenters. The largest absolute Gasteiger partial charge is 0.353 e. The van der Waals surface area contributed by atoms with Crippen LogP contribution < -0.4 is 10.6 Å². The van der Waals surface area contributed by atoms with Crippen LogP contribution in [0.1, 0.15) is 35.5 Å². The fourth-order valence-electron chi connectivity index (χ4n) is 2.26. The SMILES string of the molecule is Cc1cn2c(CNCCC(=O)NC3CC3)c(C)nc2s1. The Kier molecular flexibility index (Phi) is 3.76. The van der Waals surface area contributed by atoms with E-state index in [0.717, 1.165) is 30.0 Å². The molecule has 0 unspecified atom stereocenters. The van der Waals surface area contributed by atoms with Gasteiger partial charge in [0.2, 0.25) is 5.91 Å². The lowest BCUT2D eigenvalue weighted by Gasteiger charge is -2.06. The normalized spacial score (nSPS) is 14.9. The van der Waals surface area contributed by atoms with Crippen molar-refractivity contribution in [3.05, 3.63) is 22.5 Å². The molecule has 0 aromatic carbocycles. The molecule has 2 aromatic rings. The molecule has 108 valence electrons. The van der Waals surface area contributed by atoms with Crippen molar-refractivity contribution < 1.29 is 4.79 Å². The van der Waals surface area contributed by atoms with E-state index < -0.39 is 0 Å². The number of hydrogen-bond acceptors (Lipinski definition) is 4. The summed E-state index contributed by atoms with van der Waals surface area (Å²) in [5, 5.41) is 6.33. The molecule has 2 heterocycles. The first-order valence-electron chi connectivity index (χ1n) is 7.07. The van der Waals surface area contributed by atoms with Crippen LogP contribution in [0.5, 0.6) is 0 Å². The lowest BCUT2D eigenvalue weighted by molar-refractivity contribution is -0.121. The van der Waals surface area contributed by atoms with Crippen molar-refractivity contribution in [1.82, 2.24) is 20.0 Å². The van der Waals surface area contributed by atoms with Crippen LogP contribution in [0.25, 0.3) is 4.96 Å². The van der Waals surface area contributed by atoms with Crippen molar-refractivity contribution in [3.8, 4) is 0 Å². The first-order chi connectivity index (χ1) is 9.63. The fourth-order valence-corrected chi connectivity index (χ4v) is 3.15. The number of aromatic nitrogens is 2. The topological polar surface area (TPSA) is 58.4 Å². The third kappa shape index (κ3) is 3.02. The molecule has 1 aliphatic rings. The lowest BCUT2D eigenvalue weighted by Crippen LogP contribution is -2.29. The van der Waals surface area contributed by atoms with Crippen molar-refractivity contribution in [3.63, 3.8) is 0 Å². The predicted molar refractivity (Wildman–Crippen MR) is 80.0 cm³/mol. The molecule has 2 N–H and O–H groups in total. The monoisotopic (exact) mass is 292 g/mol. The first-order valence-corrected chi connectivity index (χ1v) is 7.89. The second kappa shape index (κ2) is 5.54. The van der Waals surface area contributed by atoms with Gasteiger partial charge in [-0.3, -0.25) is 9.20 Å². The van der Waals surface area contributed by atoms with Gasteiger partial charge in [0.15, 0.2) is 4.96 Å². The summed E-state index contributed by atoms with van der Waals surface area (Å²) in [7, 11) is 0. The Morgan fingerprint density at radius 1 is 1.50 bits per heavy atom. The fraction of sp³-hybridized carbons (Fsp3) is 0.571. The number of aryl methyl sites for hydroxylation is 2. The molecule has 20 heavy (non-hydrogen) atoms. The van der Waals surface area contributed by atoms with Crippen LogP contribution in [0.3, 0.4) is 0 Å². The molecule has 5 nitrogen and oxygen atoms in total. The molecule has 6 heteroatoms. The molecule has 0 spiro atoms. The van der Waals surface area contributed by atoms with Gasteiger partial charge in [0.05, 0.1) is 11.4 Å². The first kappa shape index (κ1) is 13.6. The molecule has 2 aromatic heterocycles. The summed E-state index contributed by atoms with van der Waals surface area (Å²) < 4.78 is 2.15. The number of nitrogens with zero attached hydrogens (tertiary/aromatic N) is 2. The molecule has 0 aliphatic heterocycles. The van der Waals surface area contributed by atoms with Gasteiger partial charge in [-0.05, 0) is 26.7 Å². The van der Waals surface area contributed by atoms with Crippen LogP contribution in [0.2, 0.25) is 0 Å². The van der Waals surface area contributed by atoms with Crippen LogP contribution in [-0.4, -0.2) is 27.9 Å². The minimum atomic E-state index is 0.154. The standard InChI is InChI=1S/C14H20N4OS/c1-9-8-18-12(10(2)16-14(18)20-9)7-15-6-5-13(19)17-11-3-4-11/h8,11,15H,3-7H2,1-2H3,(H,17,19). The Bertz CT molecular complexity index is 626. The van der Waals surface area contributed by atoms with Crippen molar-refractivity contribution in [1.29, 1.82) is 0 Å². The Balaban J connectivity index is 1.51. The van der Waals surface area contributed by atoms with Gasteiger partial charge >= 0.3 is 0 Å². The number of hydrogen-bond donors (Lipinski definition) is 2. The van der Waals surface area contributed by atoms with Crippen molar-refractivity contribution in [2.45, 2.75) is 45.7 Å². The molecule has 1 amide bonds. The summed E-state index contributed by atoms with van der Waals surface area (Å²) >= 11 is 1.70. The van der Waals surface area contributed by atoms with E-state index in [9.17, 15) is 4.79 Å². The van der Waals surface area contributed by atoms with Crippen LogP contribution in [0, 0.1) is 13.8 Å². The van der Waals surface area contributed by atoms with Crippen LogP contribution in [0.4, 0.5) is 0 Å². The van der Waals surface area contributed by atoms with Crippen molar-refractivity contribution in [2.75, 3.05) is 6.54 Å². The average molecular weight is 292 g/mol. The zero-order chi connectivity index (χ0) is 14.1. The Hall–Kier alpha value is -1.40. The van der Waals surface area contributed by atoms with E-state index in [1.54, 1.807) is 11.3 Å². The van der Waals surface area contributed by atoms with Crippen LogP contribution in [0.15, 0.2) is 6.20 Å². The highest BCUT2D eigenvalue weighted by molar-refractivity contribution is 7.17. The minimum Gasteiger partial charge on any atom is -0.353 e. The molecule has 0 saturated heterocycles. The predicted octanol–water partition coefficient (Wildman–Crippen LogP) is 1.77. The van der Waals surface area contributed by atoms with Crippen molar-refractivity contribution in [2.24, 2.45) is 0 Å². The Morgan fingerprint density at radius 3 is 3.05 bits per heavy atom. The smallest absolute Gasteiger partial charge is 0.221 e. The molecule has 1 saturated carbocycles. The van der Waals surface area contributed by atoms with E-state index in [1.165, 1.54) is 10.6 Å². The summed E-state index contributed by atoms with van der Waals surface area (Å²) in [6.45, 7) is 5.58. The summed E-state index contributed by atoms with van der Waals surface area (Å²) in [4.78, 5) is 18.4. The molecule has 1 fully saturated rings. The lowest BCUT2D eigenvalue weighted by atomic mass is 10.3. The Labute approximate surface area is 122 Å².